The van der Waals surface area contributed by atoms with Crippen LogP contribution < -0.4 is 10.6 Å². The minimum Gasteiger partial charge on any atom is -0.308 e. The average molecular weight is 463 g/mol. The fraction of sp³-hybridized carbons (Fsp3) is 0. The molecule has 0 atom stereocenters. The highest BCUT2D eigenvalue weighted by atomic mass is 127. The van der Waals surface area contributed by atoms with E-state index < -0.39 is 17.8 Å². The first-order valence-electron chi connectivity index (χ1n) is 5.78. The number of anilines is 1. The first-order valence-corrected chi connectivity index (χ1v) is 7.66. The van der Waals surface area contributed by atoms with Crippen molar-refractivity contribution in [1.29, 1.82) is 0 Å². The van der Waals surface area contributed by atoms with Crippen molar-refractivity contribution in [3.63, 3.8) is 0 Å². The number of hydrogen-bond acceptors (Lipinski definition) is 2. The maximum absolute atomic E-state index is 13.6. The zero-order valence-electron chi connectivity index (χ0n) is 10.5. The van der Waals surface area contributed by atoms with Gasteiger partial charge in [-0.3, -0.25) is 10.1 Å². The van der Waals surface area contributed by atoms with Gasteiger partial charge in [0.25, 0.3) is 5.91 Å². The van der Waals surface area contributed by atoms with Crippen molar-refractivity contribution in [3.05, 3.63) is 61.9 Å². The van der Waals surface area contributed by atoms with Crippen LogP contribution in [0.5, 0.6) is 0 Å². The number of carbonyl (C=O) groups excluding carboxylic acids is 2. The molecule has 0 aliphatic rings. The summed E-state index contributed by atoms with van der Waals surface area (Å²) in [5.41, 5.74) is 0.347. The third-order valence-electron chi connectivity index (χ3n) is 2.49. The van der Waals surface area contributed by atoms with Crippen LogP contribution in [-0.2, 0) is 0 Å². The summed E-state index contributed by atoms with van der Waals surface area (Å²) in [5.74, 6) is -1.51. The van der Waals surface area contributed by atoms with Gasteiger partial charge in [0, 0.05) is 13.7 Å². The molecule has 0 aliphatic carbocycles. The summed E-state index contributed by atoms with van der Waals surface area (Å²) < 4.78 is 15.1. The van der Waals surface area contributed by atoms with E-state index in [1.54, 1.807) is 18.2 Å². The Hall–Kier alpha value is -1.48. The molecule has 0 spiro atoms. The number of halogens is 3. The minimum atomic E-state index is -0.803. The van der Waals surface area contributed by atoms with E-state index in [1.165, 1.54) is 12.1 Å². The molecule has 2 aromatic carbocycles. The molecule has 2 N–H and O–H groups in total. The van der Waals surface area contributed by atoms with E-state index in [4.69, 9.17) is 0 Å². The van der Waals surface area contributed by atoms with Crippen LogP contribution in [0.15, 0.2) is 46.9 Å². The Bertz CT molecular complexity index is 709. The minimum absolute atomic E-state index is 0.198. The molecular formula is C14H9BrFIN2O2. The molecule has 0 aromatic heterocycles. The van der Waals surface area contributed by atoms with E-state index in [0.29, 0.717) is 10.2 Å². The topological polar surface area (TPSA) is 58.2 Å². The summed E-state index contributed by atoms with van der Waals surface area (Å²) >= 11 is 5.20. The molecule has 108 valence electrons. The third-order valence-corrected chi connectivity index (χ3v) is 3.65. The molecule has 21 heavy (non-hydrogen) atoms. The molecule has 0 saturated heterocycles. The standard InChI is InChI=1S/C14H9BrFIN2O2/c15-8-4-5-11(12(16)6-8)13(20)19-14(21)18-10-3-1-2-9(17)7-10/h1-7H,(H2,18,19,20,21). The van der Waals surface area contributed by atoms with Gasteiger partial charge in [0.2, 0.25) is 0 Å². The quantitative estimate of drug-likeness (QED) is 0.658. The van der Waals surface area contributed by atoms with Gasteiger partial charge in [-0.1, -0.05) is 22.0 Å². The molecule has 0 bridgehead atoms. The van der Waals surface area contributed by atoms with E-state index in [1.807, 2.05) is 6.07 Å². The summed E-state index contributed by atoms with van der Waals surface area (Å²) in [6, 6.07) is 10.3. The molecule has 0 fully saturated rings. The molecule has 0 aliphatic heterocycles. The first-order chi connectivity index (χ1) is 9.95. The largest absolute Gasteiger partial charge is 0.326 e. The highest BCUT2D eigenvalue weighted by Gasteiger charge is 2.14. The molecule has 2 rings (SSSR count). The summed E-state index contributed by atoms with van der Waals surface area (Å²) in [7, 11) is 0. The molecule has 0 heterocycles. The van der Waals surface area contributed by atoms with E-state index in [-0.39, 0.29) is 5.56 Å². The van der Waals surface area contributed by atoms with Crippen LogP contribution in [0.1, 0.15) is 10.4 Å². The van der Waals surface area contributed by atoms with E-state index in [2.05, 4.69) is 49.2 Å². The Balaban J connectivity index is 2.04. The third kappa shape index (κ3) is 4.50. The van der Waals surface area contributed by atoms with Crippen molar-refractivity contribution >= 4 is 56.1 Å². The van der Waals surface area contributed by atoms with Crippen LogP contribution in [0.25, 0.3) is 0 Å². The van der Waals surface area contributed by atoms with Gasteiger partial charge in [0.1, 0.15) is 5.82 Å². The fourth-order valence-corrected chi connectivity index (χ4v) is 2.45. The zero-order valence-corrected chi connectivity index (χ0v) is 14.2. The summed E-state index contributed by atoms with van der Waals surface area (Å²) in [5, 5.41) is 4.58. The molecule has 4 nitrogen and oxygen atoms in total. The Morgan fingerprint density at radius 1 is 1.14 bits per heavy atom. The molecule has 7 heteroatoms. The van der Waals surface area contributed by atoms with E-state index in [9.17, 15) is 14.0 Å². The Morgan fingerprint density at radius 2 is 1.90 bits per heavy atom. The van der Waals surface area contributed by atoms with Crippen LogP contribution in [0.2, 0.25) is 0 Å². The zero-order chi connectivity index (χ0) is 15.4. The number of rotatable bonds is 2. The predicted molar refractivity (Wildman–Crippen MR) is 89.7 cm³/mol. The smallest absolute Gasteiger partial charge is 0.308 e. The van der Waals surface area contributed by atoms with Crippen LogP contribution in [-0.4, -0.2) is 11.9 Å². The van der Waals surface area contributed by atoms with Gasteiger partial charge in [-0.05, 0) is 59.0 Å². The lowest BCUT2D eigenvalue weighted by atomic mass is 10.2. The van der Waals surface area contributed by atoms with Gasteiger partial charge >= 0.3 is 6.03 Å². The Kier molecular flexibility index (Phi) is 5.29. The number of hydrogen-bond donors (Lipinski definition) is 2. The van der Waals surface area contributed by atoms with Crippen LogP contribution in [0.4, 0.5) is 14.9 Å². The van der Waals surface area contributed by atoms with Crippen LogP contribution >= 0.6 is 38.5 Å². The molecule has 3 amide bonds. The second-order valence-corrected chi connectivity index (χ2v) is 6.20. The van der Waals surface area contributed by atoms with Crippen molar-refractivity contribution < 1.29 is 14.0 Å². The molecular weight excluding hydrogens is 454 g/mol. The lowest BCUT2D eigenvalue weighted by Gasteiger charge is -2.07. The second kappa shape index (κ2) is 6.99. The fourth-order valence-electron chi connectivity index (χ4n) is 1.57. The maximum atomic E-state index is 13.6. The predicted octanol–water partition coefficient (Wildman–Crippen LogP) is 4.15. The normalized spacial score (nSPS) is 10.0. The summed E-state index contributed by atoms with van der Waals surface area (Å²) in [6.45, 7) is 0. The molecule has 0 unspecified atom stereocenters. The lowest BCUT2D eigenvalue weighted by molar-refractivity contribution is 0.0963. The number of amides is 3. The molecule has 0 radical (unpaired) electrons. The first kappa shape index (κ1) is 15.9. The summed E-state index contributed by atoms with van der Waals surface area (Å²) in [6.07, 6.45) is 0. The number of carbonyl (C=O) groups is 2. The lowest BCUT2D eigenvalue weighted by Crippen LogP contribution is -2.34. The Labute approximate surface area is 142 Å². The summed E-state index contributed by atoms with van der Waals surface area (Å²) in [4.78, 5) is 23.5. The SMILES string of the molecule is O=C(NC(=O)c1ccc(Br)cc1F)Nc1cccc(I)c1. The van der Waals surface area contributed by atoms with Gasteiger partial charge < -0.3 is 5.32 Å². The van der Waals surface area contributed by atoms with Crippen LogP contribution in [0, 0.1) is 9.39 Å². The van der Waals surface area contributed by atoms with Crippen molar-refractivity contribution in [3.8, 4) is 0 Å². The van der Waals surface area contributed by atoms with Crippen molar-refractivity contribution in [2.45, 2.75) is 0 Å². The van der Waals surface area contributed by atoms with Gasteiger partial charge in [-0.25, -0.2) is 9.18 Å². The average Bonchev–Trinajstić information content (AvgIpc) is 2.38. The number of urea groups is 1. The number of imide groups is 1. The second-order valence-electron chi connectivity index (χ2n) is 4.04. The number of nitrogens with one attached hydrogen (secondary N) is 2. The maximum Gasteiger partial charge on any atom is 0.326 e. The molecule has 0 saturated carbocycles. The van der Waals surface area contributed by atoms with Gasteiger partial charge in [0.15, 0.2) is 0 Å². The van der Waals surface area contributed by atoms with Gasteiger partial charge in [-0.2, -0.15) is 0 Å². The highest BCUT2D eigenvalue weighted by molar-refractivity contribution is 14.1. The van der Waals surface area contributed by atoms with Crippen molar-refractivity contribution in [2.75, 3.05) is 5.32 Å². The number of benzene rings is 2. The highest BCUT2D eigenvalue weighted by Crippen LogP contribution is 2.15. The van der Waals surface area contributed by atoms with Gasteiger partial charge in [0.05, 0.1) is 5.56 Å². The van der Waals surface area contributed by atoms with Crippen LogP contribution in [0.3, 0.4) is 0 Å². The van der Waals surface area contributed by atoms with Crippen molar-refractivity contribution in [2.24, 2.45) is 0 Å². The van der Waals surface area contributed by atoms with Gasteiger partial charge in [-0.15, -0.1) is 0 Å². The molecule has 2 aromatic rings. The van der Waals surface area contributed by atoms with Crippen molar-refractivity contribution in [1.82, 2.24) is 5.32 Å². The van der Waals surface area contributed by atoms with E-state index in [0.717, 1.165) is 9.64 Å². The Morgan fingerprint density at radius 3 is 2.57 bits per heavy atom. The van der Waals surface area contributed by atoms with E-state index >= 15 is 0 Å². The monoisotopic (exact) mass is 462 g/mol.